The van der Waals surface area contributed by atoms with Crippen LogP contribution >= 0.6 is 0 Å². The molecule has 0 fully saturated rings. The third-order valence-corrected chi connectivity index (χ3v) is 3.09. The minimum Gasteiger partial charge on any atom is -0.481 e. The number of benzene rings is 1. The molecule has 0 saturated heterocycles. The van der Waals surface area contributed by atoms with E-state index in [4.69, 9.17) is 5.11 Å². The van der Waals surface area contributed by atoms with Gasteiger partial charge in [0.2, 0.25) is 0 Å². The first-order chi connectivity index (χ1) is 9.32. The smallest absolute Gasteiger partial charge is 0.303 e. The zero-order valence-electron chi connectivity index (χ0n) is 12.0. The summed E-state index contributed by atoms with van der Waals surface area (Å²) < 4.78 is 13.1. The number of hydrogen-bond donors (Lipinski definition) is 1. The van der Waals surface area contributed by atoms with Crippen molar-refractivity contribution in [2.24, 2.45) is 0 Å². The summed E-state index contributed by atoms with van der Waals surface area (Å²) in [5.41, 5.74) is 1.04. The zero-order valence-corrected chi connectivity index (χ0v) is 12.0. The van der Waals surface area contributed by atoms with Gasteiger partial charge in [-0.1, -0.05) is 0 Å². The van der Waals surface area contributed by atoms with Crippen LogP contribution in [0.4, 0.5) is 4.39 Å². The Labute approximate surface area is 118 Å². The van der Waals surface area contributed by atoms with E-state index in [0.29, 0.717) is 24.1 Å². The van der Waals surface area contributed by atoms with Crippen LogP contribution in [-0.2, 0) is 4.79 Å². The number of hydrogen-bond acceptors (Lipinski definition) is 2. The van der Waals surface area contributed by atoms with Crippen molar-refractivity contribution in [2.45, 2.75) is 39.7 Å². The first-order valence-electron chi connectivity index (χ1n) is 6.62. The number of carboxylic acids is 1. The summed E-state index contributed by atoms with van der Waals surface area (Å²) in [5.74, 6) is -1.44. The molecule has 0 radical (unpaired) electrons. The average molecular weight is 281 g/mol. The molecular formula is C15H20FNO3. The maximum atomic E-state index is 13.1. The summed E-state index contributed by atoms with van der Waals surface area (Å²) in [4.78, 5) is 24.6. The minimum atomic E-state index is -0.876. The van der Waals surface area contributed by atoms with Gasteiger partial charge >= 0.3 is 5.97 Å². The van der Waals surface area contributed by atoms with E-state index in [1.807, 2.05) is 13.8 Å². The van der Waals surface area contributed by atoms with Crippen LogP contribution in [0.2, 0.25) is 0 Å². The van der Waals surface area contributed by atoms with Crippen LogP contribution in [0.5, 0.6) is 0 Å². The van der Waals surface area contributed by atoms with Crippen LogP contribution < -0.4 is 0 Å². The van der Waals surface area contributed by atoms with Crippen molar-refractivity contribution in [3.63, 3.8) is 0 Å². The normalized spacial score (nSPS) is 10.7. The molecule has 1 N–H and O–H groups in total. The molecule has 1 amide bonds. The lowest BCUT2D eigenvalue weighted by Gasteiger charge is -2.27. The van der Waals surface area contributed by atoms with Gasteiger partial charge in [-0.15, -0.1) is 0 Å². The molecule has 1 rings (SSSR count). The molecule has 0 atom stereocenters. The summed E-state index contributed by atoms with van der Waals surface area (Å²) in [6, 6.07) is 4.01. The fourth-order valence-corrected chi connectivity index (χ4v) is 2.02. The Hall–Kier alpha value is -1.91. The summed E-state index contributed by atoms with van der Waals surface area (Å²) in [6.45, 7) is 5.81. The maximum absolute atomic E-state index is 13.1. The van der Waals surface area contributed by atoms with Crippen molar-refractivity contribution >= 4 is 11.9 Å². The number of aliphatic carboxylic acids is 1. The Morgan fingerprint density at radius 1 is 1.35 bits per heavy atom. The van der Waals surface area contributed by atoms with Crippen molar-refractivity contribution in [3.8, 4) is 0 Å². The number of amides is 1. The lowest BCUT2D eigenvalue weighted by atomic mass is 10.1. The molecule has 1 aromatic carbocycles. The monoisotopic (exact) mass is 281 g/mol. The van der Waals surface area contributed by atoms with E-state index in [1.54, 1.807) is 11.8 Å². The number of aryl methyl sites for hydroxylation is 1. The third kappa shape index (κ3) is 4.33. The molecule has 0 aromatic heterocycles. The Balaban J connectivity index is 2.85. The fourth-order valence-electron chi connectivity index (χ4n) is 2.02. The van der Waals surface area contributed by atoms with Crippen LogP contribution in [0.1, 0.15) is 42.6 Å². The number of rotatable bonds is 6. The van der Waals surface area contributed by atoms with Crippen molar-refractivity contribution in [1.82, 2.24) is 4.90 Å². The second kappa shape index (κ2) is 7.03. The van der Waals surface area contributed by atoms with E-state index in [2.05, 4.69) is 0 Å². The van der Waals surface area contributed by atoms with Crippen molar-refractivity contribution in [1.29, 1.82) is 0 Å². The van der Waals surface area contributed by atoms with Gasteiger partial charge in [-0.05, 0) is 51.0 Å². The van der Waals surface area contributed by atoms with E-state index in [0.717, 1.165) is 0 Å². The van der Waals surface area contributed by atoms with Crippen molar-refractivity contribution in [3.05, 3.63) is 35.1 Å². The standard InChI is InChI=1S/C15H20FNO3/c1-10(2)17(8-4-5-14(18)19)15(20)13-7-6-12(16)9-11(13)3/h6-7,9-10H,4-5,8H2,1-3H3,(H,18,19). The molecule has 1 aromatic rings. The first kappa shape index (κ1) is 16.1. The van der Waals surface area contributed by atoms with Crippen LogP contribution in [-0.4, -0.2) is 34.5 Å². The summed E-state index contributed by atoms with van der Waals surface area (Å²) in [7, 11) is 0. The molecule has 110 valence electrons. The second-order valence-corrected chi connectivity index (χ2v) is 5.05. The number of carboxylic acid groups (broad SMARTS) is 1. The summed E-state index contributed by atoms with van der Waals surface area (Å²) in [6.07, 6.45) is 0.429. The number of nitrogens with zero attached hydrogens (tertiary/aromatic N) is 1. The highest BCUT2D eigenvalue weighted by molar-refractivity contribution is 5.95. The van der Waals surface area contributed by atoms with E-state index < -0.39 is 5.97 Å². The molecule has 0 aliphatic carbocycles. The summed E-state index contributed by atoms with van der Waals surface area (Å²) in [5, 5.41) is 8.65. The lowest BCUT2D eigenvalue weighted by Crippen LogP contribution is -2.38. The average Bonchev–Trinajstić information content (AvgIpc) is 2.33. The lowest BCUT2D eigenvalue weighted by molar-refractivity contribution is -0.137. The predicted molar refractivity (Wildman–Crippen MR) is 74.2 cm³/mol. The Bertz CT molecular complexity index is 500. The van der Waals surface area contributed by atoms with E-state index in [9.17, 15) is 14.0 Å². The highest BCUT2D eigenvalue weighted by Crippen LogP contribution is 2.15. The van der Waals surface area contributed by atoms with Crippen LogP contribution in [0.25, 0.3) is 0 Å². The van der Waals surface area contributed by atoms with E-state index >= 15 is 0 Å². The Kier molecular flexibility index (Phi) is 5.67. The SMILES string of the molecule is Cc1cc(F)ccc1C(=O)N(CCCC(=O)O)C(C)C. The van der Waals surface area contributed by atoms with Gasteiger partial charge in [-0.25, -0.2) is 4.39 Å². The highest BCUT2D eigenvalue weighted by Gasteiger charge is 2.20. The van der Waals surface area contributed by atoms with Crippen LogP contribution in [0, 0.1) is 12.7 Å². The second-order valence-electron chi connectivity index (χ2n) is 5.05. The number of halogens is 1. The Morgan fingerprint density at radius 2 is 2.00 bits per heavy atom. The maximum Gasteiger partial charge on any atom is 0.303 e. The van der Waals surface area contributed by atoms with Gasteiger partial charge < -0.3 is 10.0 Å². The van der Waals surface area contributed by atoms with E-state index in [1.165, 1.54) is 18.2 Å². The van der Waals surface area contributed by atoms with Crippen LogP contribution in [0.15, 0.2) is 18.2 Å². The third-order valence-electron chi connectivity index (χ3n) is 3.09. The summed E-state index contributed by atoms with van der Waals surface area (Å²) >= 11 is 0. The molecule has 5 heteroatoms. The largest absolute Gasteiger partial charge is 0.481 e. The Morgan fingerprint density at radius 3 is 2.50 bits per heavy atom. The van der Waals surface area contributed by atoms with Crippen LogP contribution in [0.3, 0.4) is 0 Å². The molecule has 0 bridgehead atoms. The fraction of sp³-hybridized carbons (Fsp3) is 0.467. The highest BCUT2D eigenvalue weighted by atomic mass is 19.1. The zero-order chi connectivity index (χ0) is 15.3. The van der Waals surface area contributed by atoms with Gasteiger partial charge in [0.1, 0.15) is 5.82 Å². The van der Waals surface area contributed by atoms with Gasteiger partial charge in [-0.3, -0.25) is 9.59 Å². The predicted octanol–water partition coefficient (Wildman–Crippen LogP) is 2.85. The quantitative estimate of drug-likeness (QED) is 0.872. The van der Waals surface area contributed by atoms with Gasteiger partial charge in [0.25, 0.3) is 5.91 Å². The molecular weight excluding hydrogens is 261 g/mol. The molecule has 20 heavy (non-hydrogen) atoms. The van der Waals surface area contributed by atoms with Crippen molar-refractivity contribution < 1.29 is 19.1 Å². The number of carbonyl (C=O) groups is 2. The van der Waals surface area contributed by atoms with Gasteiger partial charge in [0.05, 0.1) is 0 Å². The first-order valence-corrected chi connectivity index (χ1v) is 6.62. The van der Waals surface area contributed by atoms with Gasteiger partial charge in [-0.2, -0.15) is 0 Å². The number of carbonyl (C=O) groups excluding carboxylic acids is 1. The molecule has 4 nitrogen and oxygen atoms in total. The molecule has 0 saturated carbocycles. The molecule has 0 aliphatic heterocycles. The minimum absolute atomic E-state index is 0.0267. The topological polar surface area (TPSA) is 57.6 Å². The van der Waals surface area contributed by atoms with E-state index in [-0.39, 0.29) is 24.2 Å². The molecule has 0 spiro atoms. The van der Waals surface area contributed by atoms with Gasteiger partial charge in [0, 0.05) is 24.6 Å². The van der Waals surface area contributed by atoms with Gasteiger partial charge in [0.15, 0.2) is 0 Å². The molecule has 0 aliphatic rings. The van der Waals surface area contributed by atoms with Crippen molar-refractivity contribution in [2.75, 3.05) is 6.54 Å². The molecule has 0 unspecified atom stereocenters. The molecule has 0 heterocycles.